The summed E-state index contributed by atoms with van der Waals surface area (Å²) in [6.45, 7) is 1.62. The summed E-state index contributed by atoms with van der Waals surface area (Å²) in [4.78, 5) is 0. The van der Waals surface area contributed by atoms with Gasteiger partial charge in [0.15, 0.2) is 0 Å². The second-order valence-corrected chi connectivity index (χ2v) is 2.15. The van der Waals surface area contributed by atoms with Gasteiger partial charge in [-0.15, -0.1) is 12.3 Å². The van der Waals surface area contributed by atoms with Crippen LogP contribution in [-0.4, -0.2) is 22.4 Å². The van der Waals surface area contributed by atoms with Gasteiger partial charge in [0.25, 0.3) is 0 Å². The molecule has 52 valence electrons. The maximum Gasteiger partial charge on any atom is 0.0673 e. The average Bonchev–Trinajstić information content (AvgIpc) is 1.63. The fourth-order valence-electron chi connectivity index (χ4n) is 0.613. The molecule has 0 aromatic rings. The Morgan fingerprint density at radius 2 is 2.11 bits per heavy atom. The Morgan fingerprint density at radius 1 is 1.56 bits per heavy atom. The second-order valence-electron chi connectivity index (χ2n) is 2.15. The Labute approximate surface area is 55.5 Å². The van der Waals surface area contributed by atoms with Crippen LogP contribution in [0.5, 0.6) is 0 Å². The highest BCUT2D eigenvalue weighted by molar-refractivity contribution is 4.87. The van der Waals surface area contributed by atoms with E-state index < -0.39 is 12.2 Å². The van der Waals surface area contributed by atoms with Crippen LogP contribution in [0.3, 0.4) is 0 Å². The van der Waals surface area contributed by atoms with E-state index in [1.807, 2.05) is 0 Å². The van der Waals surface area contributed by atoms with Crippen LogP contribution in [0.1, 0.15) is 19.8 Å². The van der Waals surface area contributed by atoms with Gasteiger partial charge in [0.05, 0.1) is 12.2 Å². The maximum absolute atomic E-state index is 8.92. The average molecular weight is 128 g/mol. The molecule has 0 radical (unpaired) electrons. The zero-order valence-electron chi connectivity index (χ0n) is 5.54. The predicted molar refractivity (Wildman–Crippen MR) is 35.8 cm³/mol. The minimum absolute atomic E-state index is 0.324. The maximum atomic E-state index is 8.92. The van der Waals surface area contributed by atoms with Crippen molar-refractivity contribution < 1.29 is 10.2 Å². The van der Waals surface area contributed by atoms with Crippen LogP contribution in [0.2, 0.25) is 0 Å². The Kier molecular flexibility index (Phi) is 4.12. The third-order valence-corrected chi connectivity index (χ3v) is 0.967. The van der Waals surface area contributed by atoms with E-state index in [9.17, 15) is 0 Å². The number of aliphatic hydroxyl groups is 2. The van der Waals surface area contributed by atoms with E-state index in [1.165, 1.54) is 0 Å². The van der Waals surface area contributed by atoms with Crippen LogP contribution in [0, 0.1) is 12.3 Å². The molecule has 0 rings (SSSR count). The molecule has 0 heterocycles. The number of terminal acetylenes is 1. The van der Waals surface area contributed by atoms with Crippen molar-refractivity contribution in [1.82, 2.24) is 0 Å². The van der Waals surface area contributed by atoms with Gasteiger partial charge in [0.1, 0.15) is 0 Å². The third-order valence-electron chi connectivity index (χ3n) is 0.967. The molecule has 0 aromatic heterocycles. The molecular formula is C7H12O2. The molecular weight excluding hydrogens is 116 g/mol. The van der Waals surface area contributed by atoms with Crippen molar-refractivity contribution >= 4 is 0 Å². The van der Waals surface area contributed by atoms with Crippen LogP contribution < -0.4 is 0 Å². The standard InChI is InChI=1S/C7H12O2/c1-3-4-7(9)5-6(2)8/h1,6-9H,4-5H2,2H3. The zero-order chi connectivity index (χ0) is 7.28. The largest absolute Gasteiger partial charge is 0.393 e. The monoisotopic (exact) mass is 128 g/mol. The first kappa shape index (κ1) is 8.48. The fraction of sp³-hybridized carbons (Fsp3) is 0.714. The number of rotatable bonds is 3. The molecule has 2 atom stereocenters. The van der Waals surface area contributed by atoms with Crippen LogP contribution in [0.25, 0.3) is 0 Å². The molecule has 0 saturated carbocycles. The van der Waals surface area contributed by atoms with E-state index in [1.54, 1.807) is 6.92 Å². The lowest BCUT2D eigenvalue weighted by Gasteiger charge is -2.07. The molecule has 0 saturated heterocycles. The molecule has 0 aliphatic carbocycles. The van der Waals surface area contributed by atoms with E-state index in [-0.39, 0.29) is 0 Å². The summed E-state index contributed by atoms with van der Waals surface area (Å²) < 4.78 is 0. The fourth-order valence-corrected chi connectivity index (χ4v) is 0.613. The van der Waals surface area contributed by atoms with Gasteiger partial charge in [-0.05, 0) is 13.3 Å². The lowest BCUT2D eigenvalue weighted by molar-refractivity contribution is 0.0937. The summed E-state index contributed by atoms with van der Waals surface area (Å²) in [7, 11) is 0. The summed E-state index contributed by atoms with van der Waals surface area (Å²) in [5.74, 6) is 2.31. The van der Waals surface area contributed by atoms with Gasteiger partial charge in [0.2, 0.25) is 0 Å². The second kappa shape index (κ2) is 4.37. The van der Waals surface area contributed by atoms with E-state index >= 15 is 0 Å². The Bertz CT molecular complexity index is 102. The number of aliphatic hydroxyl groups excluding tert-OH is 2. The molecule has 2 N–H and O–H groups in total. The van der Waals surface area contributed by atoms with Crippen LogP contribution >= 0.6 is 0 Å². The molecule has 0 aromatic carbocycles. The minimum Gasteiger partial charge on any atom is -0.393 e. The van der Waals surface area contributed by atoms with E-state index in [0.29, 0.717) is 12.8 Å². The highest BCUT2D eigenvalue weighted by Gasteiger charge is 2.04. The summed E-state index contributed by atoms with van der Waals surface area (Å²) in [5.41, 5.74) is 0. The van der Waals surface area contributed by atoms with Crippen molar-refractivity contribution in [1.29, 1.82) is 0 Å². The highest BCUT2D eigenvalue weighted by Crippen LogP contribution is 1.99. The van der Waals surface area contributed by atoms with Gasteiger partial charge in [-0.2, -0.15) is 0 Å². The number of hydrogen-bond acceptors (Lipinski definition) is 2. The normalized spacial score (nSPS) is 16.2. The van der Waals surface area contributed by atoms with Crippen molar-refractivity contribution in [2.75, 3.05) is 0 Å². The lowest BCUT2D eigenvalue weighted by atomic mass is 10.1. The smallest absolute Gasteiger partial charge is 0.0673 e. The molecule has 9 heavy (non-hydrogen) atoms. The van der Waals surface area contributed by atoms with Crippen LogP contribution in [0.4, 0.5) is 0 Å². The molecule has 0 fully saturated rings. The Morgan fingerprint density at radius 3 is 2.44 bits per heavy atom. The summed E-state index contributed by atoms with van der Waals surface area (Å²) in [6.07, 6.45) is 4.59. The molecule has 0 aliphatic rings. The van der Waals surface area contributed by atoms with Gasteiger partial charge in [-0.1, -0.05) is 0 Å². The van der Waals surface area contributed by atoms with Gasteiger partial charge < -0.3 is 10.2 Å². The van der Waals surface area contributed by atoms with Gasteiger partial charge in [-0.25, -0.2) is 0 Å². The first-order chi connectivity index (χ1) is 4.16. The van der Waals surface area contributed by atoms with Crippen LogP contribution in [-0.2, 0) is 0 Å². The van der Waals surface area contributed by atoms with E-state index in [2.05, 4.69) is 5.92 Å². The molecule has 0 bridgehead atoms. The van der Waals surface area contributed by atoms with Crippen molar-refractivity contribution in [3.8, 4) is 12.3 Å². The zero-order valence-corrected chi connectivity index (χ0v) is 5.54. The lowest BCUT2D eigenvalue weighted by Crippen LogP contribution is -2.13. The van der Waals surface area contributed by atoms with Crippen molar-refractivity contribution in [2.45, 2.75) is 32.0 Å². The van der Waals surface area contributed by atoms with E-state index in [4.69, 9.17) is 16.6 Å². The Balaban J connectivity index is 3.29. The van der Waals surface area contributed by atoms with Crippen molar-refractivity contribution in [3.63, 3.8) is 0 Å². The molecule has 0 amide bonds. The topological polar surface area (TPSA) is 40.5 Å². The van der Waals surface area contributed by atoms with Crippen molar-refractivity contribution in [2.24, 2.45) is 0 Å². The van der Waals surface area contributed by atoms with Crippen molar-refractivity contribution in [3.05, 3.63) is 0 Å². The number of hydrogen-bond donors (Lipinski definition) is 2. The quantitative estimate of drug-likeness (QED) is 0.531. The Hall–Kier alpha value is -0.520. The third kappa shape index (κ3) is 5.35. The minimum atomic E-state index is -0.546. The first-order valence-electron chi connectivity index (χ1n) is 2.96. The summed E-state index contributed by atoms with van der Waals surface area (Å²) in [6, 6.07) is 0. The molecule has 2 unspecified atom stereocenters. The first-order valence-corrected chi connectivity index (χ1v) is 2.96. The summed E-state index contributed by atoms with van der Waals surface area (Å²) >= 11 is 0. The highest BCUT2D eigenvalue weighted by atomic mass is 16.3. The van der Waals surface area contributed by atoms with Gasteiger partial charge in [-0.3, -0.25) is 0 Å². The molecule has 0 aliphatic heterocycles. The molecule has 0 spiro atoms. The van der Waals surface area contributed by atoms with Gasteiger partial charge >= 0.3 is 0 Å². The van der Waals surface area contributed by atoms with E-state index in [0.717, 1.165) is 0 Å². The molecule has 2 heteroatoms. The summed E-state index contributed by atoms with van der Waals surface area (Å²) in [5, 5.41) is 17.6. The SMILES string of the molecule is C#CCC(O)CC(C)O. The van der Waals surface area contributed by atoms with Crippen LogP contribution in [0.15, 0.2) is 0 Å². The molecule has 2 nitrogen and oxygen atoms in total. The van der Waals surface area contributed by atoms with Gasteiger partial charge in [0, 0.05) is 6.42 Å². The predicted octanol–water partition coefficient (Wildman–Crippen LogP) is 0.142.